The smallest absolute Gasteiger partial charge is 0.246 e. The van der Waals surface area contributed by atoms with Crippen molar-refractivity contribution < 1.29 is 23.4 Å². The number of anilines is 2. The maximum absolute atomic E-state index is 15.7. The number of rotatable bonds is 8. The second-order valence-electron chi connectivity index (χ2n) is 11.0. The number of amides is 1. The molecule has 2 aliphatic rings. The number of benzene rings is 2. The Morgan fingerprint density at radius 3 is 2.64 bits per heavy atom. The zero-order valence-electron chi connectivity index (χ0n) is 24.2. The van der Waals surface area contributed by atoms with Crippen LogP contribution in [0.5, 0.6) is 23.0 Å². The summed E-state index contributed by atoms with van der Waals surface area (Å²) in [6.07, 6.45) is 9.23. The van der Waals surface area contributed by atoms with E-state index in [4.69, 9.17) is 14.2 Å². The predicted octanol–water partition coefficient (Wildman–Crippen LogP) is 5.75. The van der Waals surface area contributed by atoms with E-state index in [0.29, 0.717) is 50.9 Å². The quantitative estimate of drug-likeness (QED) is 0.224. The van der Waals surface area contributed by atoms with Gasteiger partial charge in [0.25, 0.3) is 0 Å². The standard InChI is InChI=1S/C32H30FN7O4/c1-4-30(41)40-19-5-6-20(40)12-22(11-19)44-28-14-23-25(15-27(28)42-3)34-16-36-32(23)38-24-7-8-26(18(2)31(24)33)43-21-9-10-39-29(13-21)35-17-37-39/h4,7-10,13-17,19-20,22H,1,5-6,11-12H2,2-3H3,(H,34,36,38)/t19-,20+,22?. The van der Waals surface area contributed by atoms with Gasteiger partial charge in [0.2, 0.25) is 5.91 Å². The van der Waals surface area contributed by atoms with Gasteiger partial charge < -0.3 is 24.4 Å². The van der Waals surface area contributed by atoms with Crippen LogP contribution in [-0.2, 0) is 4.79 Å². The van der Waals surface area contributed by atoms with E-state index in [0.717, 1.165) is 25.7 Å². The van der Waals surface area contributed by atoms with Crippen LogP contribution >= 0.6 is 0 Å². The van der Waals surface area contributed by atoms with Gasteiger partial charge in [0.15, 0.2) is 23.0 Å². The first-order chi connectivity index (χ1) is 21.4. The van der Waals surface area contributed by atoms with Crippen molar-refractivity contribution in [1.29, 1.82) is 0 Å². The molecule has 2 bridgehead atoms. The lowest BCUT2D eigenvalue weighted by molar-refractivity contribution is -0.131. The first-order valence-electron chi connectivity index (χ1n) is 14.4. The van der Waals surface area contributed by atoms with Crippen molar-refractivity contribution in [2.24, 2.45) is 0 Å². The van der Waals surface area contributed by atoms with E-state index in [9.17, 15) is 4.79 Å². The average Bonchev–Trinajstić information content (AvgIpc) is 3.61. The first kappa shape index (κ1) is 27.6. The van der Waals surface area contributed by atoms with E-state index in [-0.39, 0.29) is 29.8 Å². The number of carbonyl (C=O) groups excluding carboxylic acids is 1. The number of nitrogens with zero attached hydrogens (tertiary/aromatic N) is 6. The number of ether oxygens (including phenoxy) is 3. The van der Waals surface area contributed by atoms with Crippen LogP contribution in [0.15, 0.2) is 67.9 Å². The number of fused-ring (bicyclic) bond motifs is 4. The molecule has 0 spiro atoms. The van der Waals surface area contributed by atoms with Crippen molar-refractivity contribution >= 4 is 34.0 Å². The molecule has 1 amide bonds. The number of piperidine rings is 1. The summed E-state index contributed by atoms with van der Waals surface area (Å²) in [5.74, 6) is 1.88. The van der Waals surface area contributed by atoms with Gasteiger partial charge in [0, 0.05) is 54.2 Å². The molecule has 5 aromatic rings. The van der Waals surface area contributed by atoms with Crippen molar-refractivity contribution in [3.8, 4) is 23.0 Å². The second-order valence-corrected chi connectivity index (χ2v) is 11.0. The number of nitrogens with one attached hydrogen (secondary N) is 1. The Hall–Kier alpha value is -5.26. The van der Waals surface area contributed by atoms with Crippen LogP contribution in [0.1, 0.15) is 31.2 Å². The van der Waals surface area contributed by atoms with Gasteiger partial charge in [0.05, 0.1) is 18.3 Å². The summed E-state index contributed by atoms with van der Waals surface area (Å²) in [4.78, 5) is 27.3. The lowest BCUT2D eigenvalue weighted by Crippen LogP contribution is -2.48. The van der Waals surface area contributed by atoms with Crippen molar-refractivity contribution in [3.05, 3.63) is 79.3 Å². The molecule has 44 heavy (non-hydrogen) atoms. The van der Waals surface area contributed by atoms with Crippen LogP contribution in [0.3, 0.4) is 0 Å². The van der Waals surface area contributed by atoms with E-state index in [1.807, 2.05) is 11.0 Å². The molecule has 11 nitrogen and oxygen atoms in total. The van der Waals surface area contributed by atoms with E-state index >= 15 is 4.39 Å². The minimum absolute atomic E-state index is 0.0254. The van der Waals surface area contributed by atoms with E-state index in [1.54, 1.807) is 55.1 Å². The fraction of sp³-hybridized carbons (Fsp3) is 0.281. The molecule has 3 aromatic heterocycles. The number of carbonyl (C=O) groups is 1. The Labute approximate surface area is 252 Å². The summed E-state index contributed by atoms with van der Waals surface area (Å²) >= 11 is 0. The number of pyridine rings is 1. The van der Waals surface area contributed by atoms with Gasteiger partial charge in [-0.25, -0.2) is 23.9 Å². The van der Waals surface area contributed by atoms with Gasteiger partial charge in [-0.3, -0.25) is 4.79 Å². The largest absolute Gasteiger partial charge is 0.493 e. The molecule has 12 heteroatoms. The van der Waals surface area contributed by atoms with Gasteiger partial charge in [-0.2, -0.15) is 5.10 Å². The Balaban J connectivity index is 1.14. The summed E-state index contributed by atoms with van der Waals surface area (Å²) < 4.78 is 35.4. The summed E-state index contributed by atoms with van der Waals surface area (Å²) in [5.41, 5.74) is 1.79. The molecule has 0 aliphatic carbocycles. The highest BCUT2D eigenvalue weighted by molar-refractivity contribution is 5.93. The number of halogens is 1. The topological polar surface area (TPSA) is 116 Å². The van der Waals surface area contributed by atoms with Crippen molar-refractivity contribution in [1.82, 2.24) is 29.5 Å². The third-order valence-corrected chi connectivity index (χ3v) is 8.40. The van der Waals surface area contributed by atoms with E-state index in [2.05, 4.69) is 31.9 Å². The summed E-state index contributed by atoms with van der Waals surface area (Å²) in [7, 11) is 1.58. The maximum atomic E-state index is 15.7. The zero-order valence-corrected chi connectivity index (χ0v) is 24.2. The molecule has 3 atom stereocenters. The molecule has 2 aromatic carbocycles. The Morgan fingerprint density at radius 2 is 1.86 bits per heavy atom. The number of aromatic nitrogens is 5. The molecule has 2 saturated heterocycles. The molecule has 0 radical (unpaired) electrons. The van der Waals surface area contributed by atoms with Crippen molar-refractivity contribution in [3.63, 3.8) is 0 Å². The zero-order chi connectivity index (χ0) is 30.4. The predicted molar refractivity (Wildman–Crippen MR) is 161 cm³/mol. The first-order valence-corrected chi connectivity index (χ1v) is 14.4. The highest BCUT2D eigenvalue weighted by Crippen LogP contribution is 2.41. The average molecular weight is 596 g/mol. The van der Waals surface area contributed by atoms with Crippen LogP contribution in [0.25, 0.3) is 16.6 Å². The summed E-state index contributed by atoms with van der Waals surface area (Å²) in [6, 6.07) is 10.6. The van der Waals surface area contributed by atoms with E-state index in [1.165, 1.54) is 18.7 Å². The molecule has 0 saturated carbocycles. The van der Waals surface area contributed by atoms with Crippen LogP contribution in [-0.4, -0.2) is 60.7 Å². The lowest BCUT2D eigenvalue weighted by Gasteiger charge is -2.38. The van der Waals surface area contributed by atoms with Gasteiger partial charge in [-0.15, -0.1) is 0 Å². The van der Waals surface area contributed by atoms with Gasteiger partial charge in [-0.1, -0.05) is 6.58 Å². The molecular formula is C32H30FN7O4. The monoisotopic (exact) mass is 595 g/mol. The highest BCUT2D eigenvalue weighted by atomic mass is 19.1. The van der Waals surface area contributed by atoms with Crippen LogP contribution in [0.4, 0.5) is 15.9 Å². The summed E-state index contributed by atoms with van der Waals surface area (Å²) in [5, 5.41) is 7.85. The Bertz CT molecular complexity index is 1900. The summed E-state index contributed by atoms with van der Waals surface area (Å²) in [6.45, 7) is 5.31. The Morgan fingerprint density at radius 1 is 1.05 bits per heavy atom. The molecular weight excluding hydrogens is 565 g/mol. The normalized spacial score (nSPS) is 19.2. The minimum Gasteiger partial charge on any atom is -0.493 e. The number of hydrogen-bond donors (Lipinski definition) is 1. The third-order valence-electron chi connectivity index (χ3n) is 8.40. The van der Waals surface area contributed by atoms with E-state index < -0.39 is 5.82 Å². The molecule has 1 N–H and O–H groups in total. The molecule has 7 rings (SSSR count). The van der Waals surface area contributed by atoms with Gasteiger partial charge in [0.1, 0.15) is 36.1 Å². The maximum Gasteiger partial charge on any atom is 0.246 e. The van der Waals surface area contributed by atoms with Gasteiger partial charge in [-0.05, 0) is 50.1 Å². The molecule has 1 unspecified atom stereocenters. The molecule has 2 fully saturated rings. The Kier molecular flexibility index (Phi) is 6.96. The van der Waals surface area contributed by atoms with Crippen molar-refractivity contribution in [2.45, 2.75) is 50.8 Å². The third kappa shape index (κ3) is 4.91. The second kappa shape index (κ2) is 11.1. The number of methoxy groups -OCH3 is 1. The minimum atomic E-state index is -0.473. The van der Waals surface area contributed by atoms with Crippen LogP contribution < -0.4 is 19.5 Å². The van der Waals surface area contributed by atoms with Crippen molar-refractivity contribution in [2.75, 3.05) is 12.4 Å². The lowest BCUT2D eigenvalue weighted by atomic mass is 9.99. The fourth-order valence-electron chi connectivity index (χ4n) is 6.27. The molecule has 2 aliphatic heterocycles. The fourth-order valence-corrected chi connectivity index (χ4v) is 6.27. The molecule has 5 heterocycles. The SMILES string of the molecule is C=CC(=O)N1[C@@H]2CC[C@H]1CC(Oc1cc3c(Nc4ccc(Oc5ccn6ncnc6c5)c(C)c4F)ncnc3cc1OC)C2. The van der Waals surface area contributed by atoms with Gasteiger partial charge >= 0.3 is 0 Å². The highest BCUT2D eigenvalue weighted by Gasteiger charge is 2.43. The van der Waals surface area contributed by atoms with Crippen LogP contribution in [0.2, 0.25) is 0 Å². The van der Waals surface area contributed by atoms with Crippen LogP contribution in [0, 0.1) is 12.7 Å². The number of hydrogen-bond acceptors (Lipinski definition) is 9. The molecule has 224 valence electrons.